The van der Waals surface area contributed by atoms with Crippen LogP contribution >= 0.6 is 11.6 Å². The summed E-state index contributed by atoms with van der Waals surface area (Å²) in [5.74, 6) is 0.779. The lowest BCUT2D eigenvalue weighted by molar-refractivity contribution is 0.0746. The van der Waals surface area contributed by atoms with Gasteiger partial charge in [0.05, 0.1) is 24.9 Å². The van der Waals surface area contributed by atoms with Gasteiger partial charge in [0.25, 0.3) is 5.91 Å². The van der Waals surface area contributed by atoms with E-state index in [1.807, 2.05) is 60.4 Å². The summed E-state index contributed by atoms with van der Waals surface area (Å²) in [6.45, 7) is 5.16. The van der Waals surface area contributed by atoms with Gasteiger partial charge in [-0.3, -0.25) is 4.79 Å². The molecule has 0 unspecified atom stereocenters. The summed E-state index contributed by atoms with van der Waals surface area (Å²) < 4.78 is 7.02. The van der Waals surface area contributed by atoms with Gasteiger partial charge in [0.1, 0.15) is 10.9 Å². The van der Waals surface area contributed by atoms with E-state index in [0.717, 1.165) is 30.1 Å². The van der Waals surface area contributed by atoms with Gasteiger partial charge in [-0.05, 0) is 24.6 Å². The first-order valence-electron chi connectivity index (χ1n) is 10.0. The number of carbonyl (C=O) groups is 1. The fourth-order valence-electron chi connectivity index (χ4n) is 3.79. The zero-order valence-electron chi connectivity index (χ0n) is 17.2. The largest absolute Gasteiger partial charge is 0.497 e. The maximum atomic E-state index is 13.2. The van der Waals surface area contributed by atoms with Crippen LogP contribution in [0.3, 0.4) is 0 Å². The molecule has 30 heavy (non-hydrogen) atoms. The lowest BCUT2D eigenvalue weighted by Gasteiger charge is -2.36. The molecule has 1 fully saturated rings. The van der Waals surface area contributed by atoms with Crippen LogP contribution < -0.4 is 9.64 Å². The van der Waals surface area contributed by atoms with E-state index in [1.54, 1.807) is 11.8 Å². The number of carbonyl (C=O) groups excluding carboxylic acids is 1. The molecule has 0 spiro atoms. The zero-order chi connectivity index (χ0) is 21.1. The lowest BCUT2D eigenvalue weighted by atomic mass is 10.2. The summed E-state index contributed by atoms with van der Waals surface area (Å²) in [5.41, 5.74) is 3.36. The second-order valence-corrected chi connectivity index (χ2v) is 7.73. The van der Waals surface area contributed by atoms with E-state index in [0.29, 0.717) is 36.0 Å². The average molecular weight is 425 g/mol. The summed E-state index contributed by atoms with van der Waals surface area (Å²) >= 11 is 6.58. The van der Waals surface area contributed by atoms with Gasteiger partial charge in [0.2, 0.25) is 0 Å². The van der Waals surface area contributed by atoms with Gasteiger partial charge in [0, 0.05) is 37.9 Å². The van der Waals surface area contributed by atoms with Gasteiger partial charge in [-0.15, -0.1) is 0 Å². The van der Waals surface area contributed by atoms with E-state index >= 15 is 0 Å². The van der Waals surface area contributed by atoms with E-state index in [9.17, 15) is 4.79 Å². The van der Waals surface area contributed by atoms with E-state index in [2.05, 4.69) is 16.1 Å². The van der Waals surface area contributed by atoms with Crippen LogP contribution in [-0.4, -0.2) is 53.9 Å². The number of amides is 1. The molecule has 1 saturated heterocycles. The molecule has 6 nitrogen and oxygen atoms in total. The highest BCUT2D eigenvalue weighted by Gasteiger charge is 2.28. The summed E-state index contributed by atoms with van der Waals surface area (Å²) in [7, 11) is 1.67. The highest BCUT2D eigenvalue weighted by Crippen LogP contribution is 2.25. The van der Waals surface area contributed by atoms with Crippen molar-refractivity contribution in [2.45, 2.75) is 13.5 Å². The number of aromatic nitrogens is 2. The first-order valence-corrected chi connectivity index (χ1v) is 10.4. The van der Waals surface area contributed by atoms with E-state index in [-0.39, 0.29) is 5.91 Å². The molecule has 2 aromatic carbocycles. The van der Waals surface area contributed by atoms with Crippen LogP contribution in [0.2, 0.25) is 5.15 Å². The Balaban J connectivity index is 1.45. The van der Waals surface area contributed by atoms with Gasteiger partial charge in [-0.2, -0.15) is 5.10 Å². The molecule has 1 aliphatic heterocycles. The molecular weight excluding hydrogens is 400 g/mol. The average Bonchev–Trinajstić information content (AvgIpc) is 3.06. The number of halogens is 1. The van der Waals surface area contributed by atoms with Crippen LogP contribution in [-0.2, 0) is 6.54 Å². The molecule has 0 N–H and O–H groups in total. The van der Waals surface area contributed by atoms with E-state index < -0.39 is 0 Å². The number of aryl methyl sites for hydroxylation is 1. The van der Waals surface area contributed by atoms with Crippen molar-refractivity contribution in [1.82, 2.24) is 14.7 Å². The molecule has 0 atom stereocenters. The number of rotatable bonds is 5. The number of nitrogens with zero attached hydrogens (tertiary/aromatic N) is 4. The van der Waals surface area contributed by atoms with Crippen LogP contribution in [0.5, 0.6) is 5.75 Å². The summed E-state index contributed by atoms with van der Waals surface area (Å²) in [6, 6.07) is 18.0. The topological polar surface area (TPSA) is 50.6 Å². The van der Waals surface area contributed by atoms with Crippen molar-refractivity contribution in [3.63, 3.8) is 0 Å². The molecule has 2 heterocycles. The maximum Gasteiger partial charge on any atom is 0.259 e. The summed E-state index contributed by atoms with van der Waals surface area (Å²) in [5, 5.41) is 4.92. The molecule has 7 heteroatoms. The second-order valence-electron chi connectivity index (χ2n) is 7.38. The Morgan fingerprint density at radius 2 is 1.80 bits per heavy atom. The zero-order valence-corrected chi connectivity index (χ0v) is 18.0. The van der Waals surface area contributed by atoms with Crippen LogP contribution in [0.15, 0.2) is 54.6 Å². The quantitative estimate of drug-likeness (QED) is 0.624. The highest BCUT2D eigenvalue weighted by atomic mass is 35.5. The predicted octanol–water partition coefficient (Wildman–Crippen LogP) is 3.86. The Bertz CT molecular complexity index is 1030. The van der Waals surface area contributed by atoms with E-state index in [1.165, 1.54) is 0 Å². The minimum absolute atomic E-state index is 0.0536. The minimum Gasteiger partial charge on any atom is -0.497 e. The Hall–Kier alpha value is -2.99. The molecule has 1 amide bonds. The van der Waals surface area contributed by atoms with Crippen molar-refractivity contribution in [2.75, 3.05) is 38.2 Å². The van der Waals surface area contributed by atoms with Crippen LogP contribution in [0.25, 0.3) is 0 Å². The normalized spacial score (nSPS) is 14.1. The predicted molar refractivity (Wildman–Crippen MR) is 119 cm³/mol. The SMILES string of the molecule is COc1cccc(N2CCN(C(=O)c3c(C)nn(Cc4ccccc4)c3Cl)CC2)c1. The molecule has 156 valence electrons. The number of piperazine rings is 1. The lowest BCUT2D eigenvalue weighted by Crippen LogP contribution is -2.49. The number of benzene rings is 2. The van der Waals surface area contributed by atoms with Crippen molar-refractivity contribution >= 4 is 23.2 Å². The fourth-order valence-corrected chi connectivity index (χ4v) is 4.11. The van der Waals surface area contributed by atoms with Gasteiger partial charge in [-0.1, -0.05) is 48.0 Å². The van der Waals surface area contributed by atoms with Gasteiger partial charge in [0.15, 0.2) is 0 Å². The van der Waals surface area contributed by atoms with Crippen LogP contribution in [0, 0.1) is 6.92 Å². The molecule has 0 aliphatic carbocycles. The van der Waals surface area contributed by atoms with Crippen LogP contribution in [0.4, 0.5) is 5.69 Å². The van der Waals surface area contributed by atoms with Crippen molar-refractivity contribution in [2.24, 2.45) is 0 Å². The number of hydrogen-bond donors (Lipinski definition) is 0. The minimum atomic E-state index is -0.0536. The first-order chi connectivity index (χ1) is 14.6. The molecule has 1 aliphatic rings. The molecule has 3 aromatic rings. The third kappa shape index (κ3) is 4.14. The Labute approximate surface area is 181 Å². The van der Waals surface area contributed by atoms with E-state index in [4.69, 9.17) is 16.3 Å². The third-order valence-electron chi connectivity index (χ3n) is 5.44. The van der Waals surface area contributed by atoms with Crippen molar-refractivity contribution < 1.29 is 9.53 Å². The molecule has 1 aromatic heterocycles. The Morgan fingerprint density at radius 1 is 1.07 bits per heavy atom. The van der Waals surface area contributed by atoms with Gasteiger partial charge < -0.3 is 14.5 Å². The molecule has 0 radical (unpaired) electrons. The van der Waals surface area contributed by atoms with Crippen LogP contribution in [0.1, 0.15) is 21.6 Å². The summed E-state index contributed by atoms with van der Waals surface area (Å²) in [4.78, 5) is 17.3. The van der Waals surface area contributed by atoms with Crippen molar-refractivity contribution in [3.05, 3.63) is 76.6 Å². The van der Waals surface area contributed by atoms with Crippen molar-refractivity contribution in [3.8, 4) is 5.75 Å². The molecule has 0 bridgehead atoms. The Morgan fingerprint density at radius 3 is 2.50 bits per heavy atom. The smallest absolute Gasteiger partial charge is 0.259 e. The van der Waals surface area contributed by atoms with Gasteiger partial charge >= 0.3 is 0 Å². The van der Waals surface area contributed by atoms with Gasteiger partial charge in [-0.25, -0.2) is 4.68 Å². The maximum absolute atomic E-state index is 13.2. The van der Waals surface area contributed by atoms with Crippen molar-refractivity contribution in [1.29, 1.82) is 0 Å². The standard InChI is InChI=1S/C23H25ClN4O2/c1-17-21(22(24)28(25-17)16-18-7-4-3-5-8-18)23(29)27-13-11-26(12-14-27)19-9-6-10-20(15-19)30-2/h3-10,15H,11-14,16H2,1-2H3. The number of methoxy groups -OCH3 is 1. The molecule has 0 saturated carbocycles. The highest BCUT2D eigenvalue weighted by molar-refractivity contribution is 6.33. The first kappa shape index (κ1) is 20.3. The fraction of sp³-hybridized carbons (Fsp3) is 0.304. The number of hydrogen-bond acceptors (Lipinski definition) is 4. The summed E-state index contributed by atoms with van der Waals surface area (Å²) in [6.07, 6.45) is 0. The third-order valence-corrected chi connectivity index (χ3v) is 5.82. The second kappa shape index (κ2) is 8.79. The molecule has 4 rings (SSSR count). The number of anilines is 1. The monoisotopic (exact) mass is 424 g/mol. The Kier molecular flexibility index (Phi) is 5.95. The number of ether oxygens (including phenoxy) is 1. The molecular formula is C23H25ClN4O2.